The summed E-state index contributed by atoms with van der Waals surface area (Å²) in [5, 5.41) is 3.00. The van der Waals surface area contributed by atoms with Crippen LogP contribution < -0.4 is 5.32 Å². The summed E-state index contributed by atoms with van der Waals surface area (Å²) in [5.41, 5.74) is 1.59. The van der Waals surface area contributed by atoms with Crippen LogP contribution >= 0.6 is 11.8 Å². The average molecular weight is 434 g/mol. The number of carbonyl (C=O) groups is 1. The van der Waals surface area contributed by atoms with Crippen LogP contribution in [0, 0.1) is 0 Å². The molecule has 1 aliphatic rings. The molecule has 1 amide bonds. The molecule has 3 rings (SSSR count). The molecule has 1 atom stereocenters. The molecule has 0 unspecified atom stereocenters. The van der Waals surface area contributed by atoms with E-state index in [9.17, 15) is 13.2 Å². The molecule has 6 nitrogen and oxygen atoms in total. The van der Waals surface area contributed by atoms with E-state index in [0.29, 0.717) is 26.2 Å². The van der Waals surface area contributed by atoms with Crippen molar-refractivity contribution < 1.29 is 13.2 Å². The molecular formula is C21H27N3O3S2. The minimum atomic E-state index is -3.36. The molecule has 156 valence electrons. The summed E-state index contributed by atoms with van der Waals surface area (Å²) in [6.07, 6.45) is 1.98. The molecule has 0 saturated carbocycles. The van der Waals surface area contributed by atoms with Gasteiger partial charge in [-0.3, -0.25) is 9.69 Å². The third kappa shape index (κ3) is 5.60. The second-order valence-corrected chi connectivity index (χ2v) is 9.86. The fraction of sp³-hybridized carbons (Fsp3) is 0.381. The van der Waals surface area contributed by atoms with Gasteiger partial charge >= 0.3 is 0 Å². The SMILES string of the molecule is CSc1ccccc1NC(=O)[C@@H](C)N1CCN(S(=O)(=O)Cc2ccccc2)CC1. The van der Waals surface area contributed by atoms with Gasteiger partial charge in [-0.15, -0.1) is 11.8 Å². The zero-order valence-corrected chi connectivity index (χ0v) is 18.4. The molecule has 0 bridgehead atoms. The number of sulfonamides is 1. The number of carbonyl (C=O) groups excluding carboxylic acids is 1. The van der Waals surface area contributed by atoms with E-state index in [2.05, 4.69) is 5.32 Å². The molecule has 0 aromatic heterocycles. The van der Waals surface area contributed by atoms with E-state index in [4.69, 9.17) is 0 Å². The Morgan fingerprint density at radius 2 is 1.66 bits per heavy atom. The lowest BCUT2D eigenvalue weighted by Crippen LogP contribution is -2.54. The molecule has 1 N–H and O–H groups in total. The van der Waals surface area contributed by atoms with Gasteiger partial charge in [0.25, 0.3) is 0 Å². The van der Waals surface area contributed by atoms with E-state index in [1.165, 1.54) is 4.31 Å². The first-order valence-corrected chi connectivity index (χ1v) is 12.4. The maximum absolute atomic E-state index is 12.7. The topological polar surface area (TPSA) is 69.7 Å². The second kappa shape index (κ2) is 9.75. The van der Waals surface area contributed by atoms with Gasteiger partial charge in [-0.2, -0.15) is 4.31 Å². The molecule has 2 aromatic rings. The van der Waals surface area contributed by atoms with Gasteiger partial charge in [-0.05, 0) is 30.9 Å². The summed E-state index contributed by atoms with van der Waals surface area (Å²) in [7, 11) is -3.36. The first-order valence-electron chi connectivity index (χ1n) is 9.60. The van der Waals surface area contributed by atoms with Crippen molar-refractivity contribution in [3.05, 3.63) is 60.2 Å². The Kier molecular flexibility index (Phi) is 7.34. The predicted octanol–water partition coefficient (Wildman–Crippen LogP) is 2.88. The van der Waals surface area contributed by atoms with Crippen LogP contribution in [-0.2, 0) is 20.6 Å². The summed E-state index contributed by atoms with van der Waals surface area (Å²) >= 11 is 1.59. The van der Waals surface area contributed by atoms with Crippen molar-refractivity contribution in [2.24, 2.45) is 0 Å². The number of thioether (sulfide) groups is 1. The number of amides is 1. The third-order valence-corrected chi connectivity index (χ3v) is 7.80. The quantitative estimate of drug-likeness (QED) is 0.680. The highest BCUT2D eigenvalue weighted by Crippen LogP contribution is 2.25. The van der Waals surface area contributed by atoms with Gasteiger partial charge in [0.2, 0.25) is 15.9 Å². The number of hydrogen-bond acceptors (Lipinski definition) is 5. The van der Waals surface area contributed by atoms with Gasteiger partial charge in [-0.1, -0.05) is 42.5 Å². The zero-order chi connectivity index (χ0) is 20.9. The fourth-order valence-corrected chi connectivity index (χ4v) is 5.47. The highest BCUT2D eigenvalue weighted by atomic mass is 32.2. The molecule has 29 heavy (non-hydrogen) atoms. The van der Waals surface area contributed by atoms with Crippen LogP contribution in [-0.4, -0.2) is 62.0 Å². The average Bonchev–Trinajstić information content (AvgIpc) is 2.74. The standard InChI is InChI=1S/C21H27N3O3S2/c1-17(21(25)22-19-10-6-7-11-20(19)28-2)23-12-14-24(15-13-23)29(26,27)16-18-8-4-3-5-9-18/h3-11,17H,12-16H2,1-2H3,(H,22,25)/t17-/m1/s1. The van der Waals surface area contributed by atoms with Crippen LogP contribution in [0.3, 0.4) is 0 Å². The van der Waals surface area contributed by atoms with Crippen molar-refractivity contribution in [2.75, 3.05) is 37.8 Å². The predicted molar refractivity (Wildman–Crippen MR) is 119 cm³/mol. The fourth-order valence-electron chi connectivity index (χ4n) is 3.40. The summed E-state index contributed by atoms with van der Waals surface area (Å²) in [6, 6.07) is 16.6. The van der Waals surface area contributed by atoms with E-state index in [1.54, 1.807) is 11.8 Å². The van der Waals surface area contributed by atoms with Crippen LogP contribution in [0.4, 0.5) is 5.69 Å². The molecule has 0 aliphatic carbocycles. The van der Waals surface area contributed by atoms with Crippen LogP contribution in [0.5, 0.6) is 0 Å². The second-order valence-electron chi connectivity index (χ2n) is 7.04. The number of anilines is 1. The smallest absolute Gasteiger partial charge is 0.241 e. The van der Waals surface area contributed by atoms with Gasteiger partial charge in [0, 0.05) is 31.1 Å². The largest absolute Gasteiger partial charge is 0.324 e. The lowest BCUT2D eigenvalue weighted by molar-refractivity contribution is -0.121. The van der Waals surface area contributed by atoms with Crippen LogP contribution in [0.25, 0.3) is 0 Å². The molecule has 1 aliphatic heterocycles. The van der Waals surface area contributed by atoms with E-state index in [1.807, 2.05) is 72.7 Å². The number of rotatable bonds is 7. The minimum absolute atomic E-state index is 0.00927. The van der Waals surface area contributed by atoms with Crippen molar-refractivity contribution >= 4 is 33.4 Å². The van der Waals surface area contributed by atoms with Crippen molar-refractivity contribution in [2.45, 2.75) is 23.6 Å². The number of benzene rings is 2. The van der Waals surface area contributed by atoms with Crippen molar-refractivity contribution in [3.8, 4) is 0 Å². The Morgan fingerprint density at radius 1 is 1.03 bits per heavy atom. The summed E-state index contributed by atoms with van der Waals surface area (Å²) in [6.45, 7) is 3.73. The first-order chi connectivity index (χ1) is 13.9. The Hall–Kier alpha value is -1.87. The Bertz CT molecular complexity index is 927. The van der Waals surface area contributed by atoms with Gasteiger partial charge in [0.15, 0.2) is 0 Å². The number of piperazine rings is 1. The highest BCUT2D eigenvalue weighted by molar-refractivity contribution is 7.98. The molecule has 1 fully saturated rings. The maximum Gasteiger partial charge on any atom is 0.241 e. The number of hydrogen-bond donors (Lipinski definition) is 1. The summed E-state index contributed by atoms with van der Waals surface area (Å²) < 4.78 is 26.9. The van der Waals surface area contributed by atoms with Gasteiger partial charge in [0.1, 0.15) is 0 Å². The van der Waals surface area contributed by atoms with Gasteiger partial charge in [0.05, 0.1) is 17.5 Å². The molecule has 0 radical (unpaired) electrons. The number of nitrogens with one attached hydrogen (secondary N) is 1. The van der Waals surface area contributed by atoms with Crippen LogP contribution in [0.2, 0.25) is 0 Å². The maximum atomic E-state index is 12.7. The van der Waals surface area contributed by atoms with E-state index in [0.717, 1.165) is 16.1 Å². The van der Waals surface area contributed by atoms with Crippen LogP contribution in [0.15, 0.2) is 59.5 Å². The molecule has 1 saturated heterocycles. The van der Waals surface area contributed by atoms with Crippen molar-refractivity contribution in [1.29, 1.82) is 0 Å². The number of nitrogens with zero attached hydrogens (tertiary/aromatic N) is 2. The summed E-state index contributed by atoms with van der Waals surface area (Å²) in [5.74, 6) is -0.0675. The zero-order valence-electron chi connectivity index (χ0n) is 16.7. The minimum Gasteiger partial charge on any atom is -0.324 e. The monoisotopic (exact) mass is 433 g/mol. The summed E-state index contributed by atoms with van der Waals surface area (Å²) in [4.78, 5) is 15.8. The normalized spacial score (nSPS) is 17.0. The van der Waals surface area contributed by atoms with E-state index < -0.39 is 10.0 Å². The van der Waals surface area contributed by atoms with Gasteiger partial charge < -0.3 is 5.32 Å². The van der Waals surface area contributed by atoms with Crippen molar-refractivity contribution in [3.63, 3.8) is 0 Å². The molecule has 1 heterocycles. The highest BCUT2D eigenvalue weighted by Gasteiger charge is 2.31. The molecule has 2 aromatic carbocycles. The van der Waals surface area contributed by atoms with E-state index in [-0.39, 0.29) is 17.7 Å². The first kappa shape index (κ1) is 21.8. The van der Waals surface area contributed by atoms with Crippen molar-refractivity contribution in [1.82, 2.24) is 9.21 Å². The van der Waals surface area contributed by atoms with Crippen LogP contribution in [0.1, 0.15) is 12.5 Å². The Labute approximate surface area is 177 Å². The Balaban J connectivity index is 1.56. The van der Waals surface area contributed by atoms with E-state index >= 15 is 0 Å². The molecule has 0 spiro atoms. The third-order valence-electron chi connectivity index (χ3n) is 5.15. The molecule has 8 heteroatoms. The molecular weight excluding hydrogens is 406 g/mol. The van der Waals surface area contributed by atoms with Gasteiger partial charge in [-0.25, -0.2) is 8.42 Å². The number of para-hydroxylation sites is 1. The Morgan fingerprint density at radius 3 is 2.31 bits per heavy atom. The lowest BCUT2D eigenvalue weighted by Gasteiger charge is -2.36. The lowest BCUT2D eigenvalue weighted by atomic mass is 10.2.